The summed E-state index contributed by atoms with van der Waals surface area (Å²) in [5.74, 6) is 0.929. The van der Waals surface area contributed by atoms with Crippen LogP contribution in [-0.4, -0.2) is 50.2 Å². The van der Waals surface area contributed by atoms with Crippen LogP contribution in [0.2, 0.25) is 0 Å². The first-order valence-electron chi connectivity index (χ1n) is 8.67. The van der Waals surface area contributed by atoms with Gasteiger partial charge in [-0.15, -0.1) is 0 Å². The zero-order valence-electron chi connectivity index (χ0n) is 15.0. The SMILES string of the molecule is COc1ccccc1N1CCN(C(=O)[C@H](C)Oc2ccc(F)cc2)CC1. The summed E-state index contributed by atoms with van der Waals surface area (Å²) in [6.07, 6.45) is -0.613. The Labute approximate surface area is 152 Å². The Morgan fingerprint density at radius 3 is 2.35 bits per heavy atom. The van der Waals surface area contributed by atoms with Crippen molar-refractivity contribution >= 4 is 11.6 Å². The van der Waals surface area contributed by atoms with Gasteiger partial charge in [-0.3, -0.25) is 4.79 Å². The molecule has 26 heavy (non-hydrogen) atoms. The molecule has 0 saturated carbocycles. The summed E-state index contributed by atoms with van der Waals surface area (Å²) in [5, 5.41) is 0. The van der Waals surface area contributed by atoms with E-state index in [2.05, 4.69) is 4.90 Å². The zero-order valence-corrected chi connectivity index (χ0v) is 15.0. The van der Waals surface area contributed by atoms with Gasteiger partial charge in [0.2, 0.25) is 0 Å². The van der Waals surface area contributed by atoms with Gasteiger partial charge in [0.25, 0.3) is 5.91 Å². The molecule has 6 heteroatoms. The minimum atomic E-state index is -0.613. The normalized spacial score (nSPS) is 15.5. The quantitative estimate of drug-likeness (QED) is 0.824. The Morgan fingerprint density at radius 2 is 1.69 bits per heavy atom. The van der Waals surface area contributed by atoms with Crippen LogP contribution < -0.4 is 14.4 Å². The van der Waals surface area contributed by atoms with Gasteiger partial charge in [-0.1, -0.05) is 12.1 Å². The predicted octanol–water partition coefficient (Wildman–Crippen LogP) is 2.95. The lowest BCUT2D eigenvalue weighted by Crippen LogP contribution is -2.52. The van der Waals surface area contributed by atoms with Crippen molar-refractivity contribution in [1.29, 1.82) is 0 Å². The number of anilines is 1. The molecule has 0 aliphatic carbocycles. The molecular weight excluding hydrogens is 335 g/mol. The van der Waals surface area contributed by atoms with Crippen LogP contribution in [0.5, 0.6) is 11.5 Å². The Balaban J connectivity index is 1.57. The number of methoxy groups -OCH3 is 1. The highest BCUT2D eigenvalue weighted by atomic mass is 19.1. The molecule has 1 heterocycles. The van der Waals surface area contributed by atoms with Gasteiger partial charge >= 0.3 is 0 Å². The van der Waals surface area contributed by atoms with E-state index in [1.807, 2.05) is 24.3 Å². The van der Waals surface area contributed by atoms with Crippen molar-refractivity contribution in [2.75, 3.05) is 38.2 Å². The van der Waals surface area contributed by atoms with Crippen molar-refractivity contribution in [3.63, 3.8) is 0 Å². The smallest absolute Gasteiger partial charge is 0.263 e. The van der Waals surface area contributed by atoms with Crippen LogP contribution in [0.15, 0.2) is 48.5 Å². The number of carbonyl (C=O) groups is 1. The second-order valence-corrected chi connectivity index (χ2v) is 6.20. The van der Waals surface area contributed by atoms with Crippen LogP contribution in [0.3, 0.4) is 0 Å². The number of hydrogen-bond acceptors (Lipinski definition) is 4. The summed E-state index contributed by atoms with van der Waals surface area (Å²) in [7, 11) is 1.66. The molecule has 2 aromatic rings. The number of carbonyl (C=O) groups excluding carboxylic acids is 1. The molecule has 0 bridgehead atoms. The Morgan fingerprint density at radius 1 is 1.04 bits per heavy atom. The third kappa shape index (κ3) is 4.07. The molecule has 2 aromatic carbocycles. The van der Waals surface area contributed by atoms with Crippen LogP contribution in [0, 0.1) is 5.82 Å². The lowest BCUT2D eigenvalue weighted by atomic mass is 10.2. The molecular formula is C20H23FN2O3. The average Bonchev–Trinajstić information content (AvgIpc) is 2.69. The zero-order chi connectivity index (χ0) is 18.5. The number of amides is 1. The summed E-state index contributed by atoms with van der Waals surface area (Å²) in [5.41, 5.74) is 1.04. The third-order valence-electron chi connectivity index (χ3n) is 4.49. The van der Waals surface area contributed by atoms with E-state index in [4.69, 9.17) is 9.47 Å². The number of piperazine rings is 1. The lowest BCUT2D eigenvalue weighted by Gasteiger charge is -2.37. The minimum absolute atomic E-state index is 0.0611. The van der Waals surface area contributed by atoms with Crippen molar-refractivity contribution < 1.29 is 18.7 Å². The maximum atomic E-state index is 13.0. The average molecular weight is 358 g/mol. The third-order valence-corrected chi connectivity index (χ3v) is 4.49. The molecule has 1 aliphatic rings. The number of hydrogen-bond donors (Lipinski definition) is 0. The molecule has 3 rings (SSSR count). The molecule has 1 fully saturated rings. The van der Waals surface area contributed by atoms with Crippen molar-refractivity contribution in [1.82, 2.24) is 4.90 Å². The van der Waals surface area contributed by atoms with Gasteiger partial charge in [-0.25, -0.2) is 4.39 Å². The van der Waals surface area contributed by atoms with Crippen LogP contribution in [0.4, 0.5) is 10.1 Å². The minimum Gasteiger partial charge on any atom is -0.495 e. The second-order valence-electron chi connectivity index (χ2n) is 6.20. The number of benzene rings is 2. The van der Waals surface area contributed by atoms with Crippen molar-refractivity contribution in [2.45, 2.75) is 13.0 Å². The summed E-state index contributed by atoms with van der Waals surface area (Å²) >= 11 is 0. The first kappa shape index (κ1) is 18.0. The van der Waals surface area contributed by atoms with Crippen LogP contribution >= 0.6 is 0 Å². The van der Waals surface area contributed by atoms with E-state index in [9.17, 15) is 9.18 Å². The number of nitrogens with zero attached hydrogens (tertiary/aromatic N) is 2. The largest absolute Gasteiger partial charge is 0.495 e. The van der Waals surface area contributed by atoms with Gasteiger partial charge in [-0.05, 0) is 43.3 Å². The maximum absolute atomic E-state index is 13.0. The molecule has 1 saturated heterocycles. The molecule has 138 valence electrons. The second kappa shape index (κ2) is 8.08. The Bertz CT molecular complexity index is 743. The van der Waals surface area contributed by atoms with E-state index in [0.717, 1.165) is 24.5 Å². The van der Waals surface area contributed by atoms with Gasteiger partial charge in [0, 0.05) is 26.2 Å². The van der Waals surface area contributed by atoms with E-state index in [1.54, 1.807) is 18.9 Å². The number of para-hydroxylation sites is 2. The molecule has 1 aliphatic heterocycles. The van der Waals surface area contributed by atoms with Crippen molar-refractivity contribution in [2.24, 2.45) is 0 Å². The highest BCUT2D eigenvalue weighted by molar-refractivity contribution is 5.81. The molecule has 0 unspecified atom stereocenters. The summed E-state index contributed by atoms with van der Waals surface area (Å²) in [6.45, 7) is 4.42. The van der Waals surface area contributed by atoms with Gasteiger partial charge in [0.05, 0.1) is 12.8 Å². The molecule has 1 amide bonds. The standard InChI is InChI=1S/C20H23FN2O3/c1-15(26-17-9-7-16(21)8-10-17)20(24)23-13-11-22(12-14-23)18-5-3-4-6-19(18)25-2/h3-10,15H,11-14H2,1-2H3/t15-/m0/s1. The number of rotatable bonds is 5. The predicted molar refractivity (Wildman–Crippen MR) is 98.3 cm³/mol. The topological polar surface area (TPSA) is 42.0 Å². The first-order chi connectivity index (χ1) is 12.6. The Hall–Kier alpha value is -2.76. The van der Waals surface area contributed by atoms with Gasteiger partial charge in [0.15, 0.2) is 6.10 Å². The Kier molecular flexibility index (Phi) is 5.61. The van der Waals surface area contributed by atoms with Crippen molar-refractivity contribution in [3.05, 3.63) is 54.3 Å². The summed E-state index contributed by atoms with van der Waals surface area (Å²) < 4.78 is 24.0. The molecule has 1 atom stereocenters. The van der Waals surface area contributed by atoms with Crippen LogP contribution in [-0.2, 0) is 4.79 Å². The van der Waals surface area contributed by atoms with Gasteiger partial charge in [0.1, 0.15) is 17.3 Å². The lowest BCUT2D eigenvalue weighted by molar-refractivity contribution is -0.138. The maximum Gasteiger partial charge on any atom is 0.263 e. The fourth-order valence-corrected chi connectivity index (χ4v) is 3.08. The van der Waals surface area contributed by atoms with Crippen LogP contribution in [0.1, 0.15) is 6.92 Å². The fourth-order valence-electron chi connectivity index (χ4n) is 3.08. The van der Waals surface area contributed by atoms with Gasteiger partial charge < -0.3 is 19.3 Å². The summed E-state index contributed by atoms with van der Waals surface area (Å²) in [4.78, 5) is 16.6. The van der Waals surface area contributed by atoms with E-state index in [-0.39, 0.29) is 11.7 Å². The first-order valence-corrected chi connectivity index (χ1v) is 8.67. The monoisotopic (exact) mass is 358 g/mol. The van der Waals surface area contributed by atoms with E-state index in [0.29, 0.717) is 18.8 Å². The molecule has 0 radical (unpaired) electrons. The number of ether oxygens (including phenoxy) is 2. The molecule has 5 nitrogen and oxygen atoms in total. The van der Waals surface area contributed by atoms with E-state index >= 15 is 0 Å². The van der Waals surface area contributed by atoms with E-state index in [1.165, 1.54) is 24.3 Å². The van der Waals surface area contributed by atoms with Gasteiger partial charge in [-0.2, -0.15) is 0 Å². The fraction of sp³-hybridized carbons (Fsp3) is 0.350. The van der Waals surface area contributed by atoms with Crippen molar-refractivity contribution in [3.8, 4) is 11.5 Å². The number of halogens is 1. The molecule has 0 aromatic heterocycles. The highest BCUT2D eigenvalue weighted by Crippen LogP contribution is 2.28. The molecule has 0 N–H and O–H groups in total. The summed E-state index contributed by atoms with van der Waals surface area (Å²) in [6, 6.07) is 13.6. The molecule has 0 spiro atoms. The van der Waals surface area contributed by atoms with E-state index < -0.39 is 6.10 Å². The van der Waals surface area contributed by atoms with Crippen LogP contribution in [0.25, 0.3) is 0 Å². The highest BCUT2D eigenvalue weighted by Gasteiger charge is 2.27.